The molecule has 0 saturated carbocycles. The number of alkyl halides is 1. The fourth-order valence-corrected chi connectivity index (χ4v) is 2.08. The number of aliphatic imine (C=N–C) groups is 1. The fourth-order valence-electron chi connectivity index (χ4n) is 2.02. The van der Waals surface area contributed by atoms with Crippen LogP contribution in [0.4, 0.5) is 5.69 Å². The number of aromatic nitrogens is 2. The number of benzene rings is 2. The predicted octanol–water partition coefficient (Wildman–Crippen LogP) is 3.46. The molecule has 0 aliphatic heterocycles. The van der Waals surface area contributed by atoms with Crippen molar-refractivity contribution in [1.29, 1.82) is 0 Å². The van der Waals surface area contributed by atoms with E-state index in [9.17, 15) is 0 Å². The van der Waals surface area contributed by atoms with E-state index in [1.54, 1.807) is 0 Å². The molecule has 3 rings (SSSR count). The minimum absolute atomic E-state index is 0.201. The lowest BCUT2D eigenvalue weighted by Gasteiger charge is -1.97. The molecule has 0 fully saturated rings. The number of H-pyrrole nitrogens is 1. The van der Waals surface area contributed by atoms with Gasteiger partial charge in [0.1, 0.15) is 17.2 Å². The second-order valence-electron chi connectivity index (χ2n) is 4.36. The third-order valence-electron chi connectivity index (χ3n) is 2.94. The van der Waals surface area contributed by atoms with Gasteiger partial charge in [-0.25, -0.2) is 9.98 Å². The van der Waals surface area contributed by atoms with E-state index in [4.69, 9.17) is 17.3 Å². The molecular weight excluding hydrogens is 272 g/mol. The summed E-state index contributed by atoms with van der Waals surface area (Å²) >= 11 is 5.67. The average Bonchev–Trinajstić information content (AvgIpc) is 2.93. The van der Waals surface area contributed by atoms with Crippen molar-refractivity contribution in [2.24, 2.45) is 10.7 Å². The third kappa shape index (κ3) is 2.38. The molecule has 0 aliphatic rings. The monoisotopic (exact) mass is 284 g/mol. The van der Waals surface area contributed by atoms with Gasteiger partial charge < -0.3 is 10.7 Å². The molecule has 0 bridgehead atoms. The summed E-state index contributed by atoms with van der Waals surface area (Å²) in [7, 11) is 0. The zero-order valence-corrected chi connectivity index (χ0v) is 11.4. The number of nitrogens with two attached hydrogens (primary N) is 1. The Labute approximate surface area is 121 Å². The van der Waals surface area contributed by atoms with Crippen LogP contribution in [-0.2, 0) is 0 Å². The lowest BCUT2D eigenvalue weighted by atomic mass is 10.2. The van der Waals surface area contributed by atoms with Gasteiger partial charge in [0.05, 0.1) is 17.1 Å². The number of nitrogens with zero attached hydrogens (tertiary/aromatic N) is 2. The Morgan fingerprint density at radius 2 is 1.95 bits per heavy atom. The van der Waals surface area contributed by atoms with Crippen molar-refractivity contribution in [1.82, 2.24) is 9.97 Å². The Hall–Kier alpha value is -2.33. The largest absolute Gasteiger partial charge is 0.386 e. The SMILES string of the molecule is NC(CCl)=Nc1cccc2[nH]c(-c3ccccc3)nc12. The molecule has 1 heterocycles. The Bertz CT molecular complexity index is 762. The molecule has 0 spiro atoms. The van der Waals surface area contributed by atoms with Gasteiger partial charge in [-0.1, -0.05) is 36.4 Å². The maximum absolute atomic E-state index is 5.69. The molecule has 0 amide bonds. The minimum atomic E-state index is 0.201. The second kappa shape index (κ2) is 5.35. The molecule has 0 atom stereocenters. The molecule has 20 heavy (non-hydrogen) atoms. The first-order valence-corrected chi connectivity index (χ1v) is 6.74. The molecule has 0 saturated heterocycles. The topological polar surface area (TPSA) is 67.1 Å². The second-order valence-corrected chi connectivity index (χ2v) is 4.63. The normalized spacial score (nSPS) is 11.9. The highest BCUT2D eigenvalue weighted by atomic mass is 35.5. The number of aromatic amines is 1. The summed E-state index contributed by atoms with van der Waals surface area (Å²) < 4.78 is 0. The molecule has 3 N–H and O–H groups in total. The van der Waals surface area contributed by atoms with E-state index in [0.29, 0.717) is 5.84 Å². The van der Waals surface area contributed by atoms with Crippen molar-refractivity contribution in [3.8, 4) is 11.4 Å². The standard InChI is InChI=1S/C15H13ClN4/c16-9-13(17)18-11-7-4-8-12-14(11)20-15(19-12)10-5-2-1-3-6-10/h1-8H,9H2,(H2,17,18)(H,19,20). The number of hydrogen-bond donors (Lipinski definition) is 2. The Kier molecular flexibility index (Phi) is 3.39. The quantitative estimate of drug-likeness (QED) is 0.439. The number of para-hydroxylation sites is 1. The number of halogens is 1. The number of amidine groups is 1. The maximum Gasteiger partial charge on any atom is 0.138 e. The first kappa shape index (κ1) is 12.7. The van der Waals surface area contributed by atoms with Gasteiger partial charge in [-0.3, -0.25) is 0 Å². The van der Waals surface area contributed by atoms with E-state index in [1.165, 1.54) is 0 Å². The zero-order valence-electron chi connectivity index (χ0n) is 10.7. The number of rotatable bonds is 3. The van der Waals surface area contributed by atoms with Crippen molar-refractivity contribution >= 4 is 34.2 Å². The third-order valence-corrected chi connectivity index (χ3v) is 3.21. The maximum atomic E-state index is 5.69. The van der Waals surface area contributed by atoms with Crippen LogP contribution in [0.3, 0.4) is 0 Å². The highest BCUT2D eigenvalue weighted by Crippen LogP contribution is 2.27. The summed E-state index contributed by atoms with van der Waals surface area (Å²) in [4.78, 5) is 12.2. The van der Waals surface area contributed by atoms with Crippen LogP contribution in [0, 0.1) is 0 Å². The molecular formula is C15H13ClN4. The van der Waals surface area contributed by atoms with Crippen molar-refractivity contribution in [2.45, 2.75) is 0 Å². The molecule has 5 heteroatoms. The molecule has 3 aromatic rings. The molecule has 0 aliphatic carbocycles. The van der Waals surface area contributed by atoms with E-state index in [2.05, 4.69) is 15.0 Å². The predicted molar refractivity (Wildman–Crippen MR) is 83.5 cm³/mol. The highest BCUT2D eigenvalue weighted by molar-refractivity contribution is 6.28. The Morgan fingerprint density at radius 1 is 1.15 bits per heavy atom. The number of nitrogens with one attached hydrogen (secondary N) is 1. The van der Waals surface area contributed by atoms with Crippen LogP contribution in [0.2, 0.25) is 0 Å². The van der Waals surface area contributed by atoms with Crippen LogP contribution in [-0.4, -0.2) is 21.7 Å². The summed E-state index contributed by atoms with van der Waals surface area (Å²) in [6.45, 7) is 0. The van der Waals surface area contributed by atoms with Gasteiger partial charge in [-0.05, 0) is 12.1 Å². The minimum Gasteiger partial charge on any atom is -0.386 e. The fraction of sp³-hybridized carbons (Fsp3) is 0.0667. The lowest BCUT2D eigenvalue weighted by Crippen LogP contribution is -2.12. The Morgan fingerprint density at radius 3 is 2.70 bits per heavy atom. The number of hydrogen-bond acceptors (Lipinski definition) is 2. The van der Waals surface area contributed by atoms with Crippen LogP contribution < -0.4 is 5.73 Å². The summed E-state index contributed by atoms with van der Waals surface area (Å²) in [5.41, 5.74) is 9.16. The van der Waals surface area contributed by atoms with Gasteiger partial charge in [0.2, 0.25) is 0 Å². The van der Waals surface area contributed by atoms with Crippen molar-refractivity contribution < 1.29 is 0 Å². The van der Waals surface area contributed by atoms with Crippen LogP contribution >= 0.6 is 11.6 Å². The Balaban J connectivity index is 2.14. The molecule has 4 nitrogen and oxygen atoms in total. The van der Waals surface area contributed by atoms with Gasteiger partial charge >= 0.3 is 0 Å². The van der Waals surface area contributed by atoms with Crippen LogP contribution in [0.1, 0.15) is 0 Å². The lowest BCUT2D eigenvalue weighted by molar-refractivity contribution is 1.33. The molecule has 100 valence electrons. The molecule has 2 aromatic carbocycles. The number of fused-ring (bicyclic) bond motifs is 1. The molecule has 1 aromatic heterocycles. The zero-order chi connectivity index (χ0) is 13.9. The summed E-state index contributed by atoms with van der Waals surface area (Å²) in [5, 5.41) is 0. The van der Waals surface area contributed by atoms with Crippen LogP contribution in [0.5, 0.6) is 0 Å². The van der Waals surface area contributed by atoms with Crippen molar-refractivity contribution in [3.05, 3.63) is 48.5 Å². The van der Waals surface area contributed by atoms with Gasteiger partial charge in [0, 0.05) is 5.56 Å². The van der Waals surface area contributed by atoms with Crippen molar-refractivity contribution in [2.75, 3.05) is 5.88 Å². The average molecular weight is 285 g/mol. The van der Waals surface area contributed by atoms with E-state index in [0.717, 1.165) is 28.1 Å². The highest BCUT2D eigenvalue weighted by Gasteiger charge is 2.08. The van der Waals surface area contributed by atoms with Gasteiger partial charge in [-0.15, -0.1) is 11.6 Å². The summed E-state index contributed by atoms with van der Waals surface area (Å²) in [5.74, 6) is 1.39. The summed E-state index contributed by atoms with van der Waals surface area (Å²) in [6, 6.07) is 15.7. The molecule has 0 radical (unpaired) electrons. The van der Waals surface area contributed by atoms with Gasteiger partial charge in [0.25, 0.3) is 0 Å². The summed E-state index contributed by atoms with van der Waals surface area (Å²) in [6.07, 6.45) is 0. The van der Waals surface area contributed by atoms with Crippen LogP contribution in [0.15, 0.2) is 53.5 Å². The van der Waals surface area contributed by atoms with E-state index in [-0.39, 0.29) is 5.88 Å². The van der Waals surface area contributed by atoms with E-state index in [1.807, 2.05) is 48.5 Å². The smallest absolute Gasteiger partial charge is 0.138 e. The van der Waals surface area contributed by atoms with Crippen molar-refractivity contribution in [3.63, 3.8) is 0 Å². The first-order valence-electron chi connectivity index (χ1n) is 6.21. The van der Waals surface area contributed by atoms with E-state index >= 15 is 0 Å². The molecule has 0 unspecified atom stereocenters. The van der Waals surface area contributed by atoms with Gasteiger partial charge in [0.15, 0.2) is 0 Å². The van der Waals surface area contributed by atoms with E-state index < -0.39 is 0 Å². The number of imidazole rings is 1. The van der Waals surface area contributed by atoms with Gasteiger partial charge in [-0.2, -0.15) is 0 Å². The van der Waals surface area contributed by atoms with Crippen LogP contribution in [0.25, 0.3) is 22.4 Å². The first-order chi connectivity index (χ1) is 9.78.